The first-order valence-corrected chi connectivity index (χ1v) is 8.75. The monoisotopic (exact) mass is 337 g/mol. The molecule has 120 valence electrons. The van der Waals surface area contributed by atoms with E-state index in [1.807, 2.05) is 37.3 Å². The highest BCUT2D eigenvalue weighted by Gasteiger charge is 2.10. The molecule has 0 aliphatic rings. The van der Waals surface area contributed by atoms with Gasteiger partial charge in [0.2, 0.25) is 10.0 Å². The van der Waals surface area contributed by atoms with Gasteiger partial charge in [-0.3, -0.25) is 5.10 Å². The Hall–Kier alpha value is -2.88. The second kappa shape index (κ2) is 6.32. The van der Waals surface area contributed by atoms with Gasteiger partial charge in [-0.05, 0) is 25.1 Å². The Morgan fingerprint density at radius 1 is 1.04 bits per heavy atom. The van der Waals surface area contributed by atoms with E-state index in [4.69, 9.17) is 5.14 Å². The van der Waals surface area contributed by atoms with Crippen LogP contribution in [-0.4, -0.2) is 18.6 Å². The van der Waals surface area contributed by atoms with Crippen LogP contribution in [0.25, 0.3) is 11.3 Å². The van der Waals surface area contributed by atoms with Gasteiger partial charge in [-0.15, -0.1) is 0 Å². The molecule has 2 aromatic carbocycles. The molecule has 0 saturated heterocycles. The standard InChI is InChI=1S/C18H15N3O2S/c1-13-17(18(21-20-13)15-7-3-2-4-8-15)11-10-14-6-5-9-16(12-14)24(19,22)23/h2-9,12H,1H3,(H,20,21)(H2,19,22,23). The zero-order chi connectivity index (χ0) is 17.2. The van der Waals surface area contributed by atoms with Gasteiger partial charge in [0, 0.05) is 16.8 Å². The van der Waals surface area contributed by atoms with E-state index in [9.17, 15) is 8.42 Å². The van der Waals surface area contributed by atoms with E-state index in [2.05, 4.69) is 22.0 Å². The Morgan fingerprint density at radius 3 is 2.50 bits per heavy atom. The molecule has 0 radical (unpaired) electrons. The van der Waals surface area contributed by atoms with Crippen molar-refractivity contribution in [3.63, 3.8) is 0 Å². The number of aryl methyl sites for hydroxylation is 1. The van der Waals surface area contributed by atoms with Crippen LogP contribution in [0.1, 0.15) is 16.8 Å². The molecule has 0 spiro atoms. The van der Waals surface area contributed by atoms with Gasteiger partial charge in [0.25, 0.3) is 0 Å². The van der Waals surface area contributed by atoms with Crippen molar-refractivity contribution in [3.8, 4) is 23.1 Å². The van der Waals surface area contributed by atoms with Crippen LogP contribution < -0.4 is 5.14 Å². The SMILES string of the molecule is Cc1[nH]nc(-c2ccccc2)c1C#Cc1cccc(S(N)(=O)=O)c1. The minimum atomic E-state index is -3.74. The third-order valence-corrected chi connectivity index (χ3v) is 4.40. The van der Waals surface area contributed by atoms with Crippen LogP contribution in [0, 0.1) is 18.8 Å². The number of H-pyrrole nitrogens is 1. The average molecular weight is 337 g/mol. The highest BCUT2D eigenvalue weighted by Crippen LogP contribution is 2.22. The molecule has 0 aliphatic heterocycles. The Kier molecular flexibility index (Phi) is 4.21. The molecule has 6 heteroatoms. The highest BCUT2D eigenvalue weighted by molar-refractivity contribution is 7.89. The normalized spacial score (nSPS) is 10.9. The maximum atomic E-state index is 11.4. The summed E-state index contributed by atoms with van der Waals surface area (Å²) < 4.78 is 22.9. The number of nitrogens with two attached hydrogens (primary N) is 1. The Balaban J connectivity index is 2.03. The maximum absolute atomic E-state index is 11.4. The molecule has 1 aromatic heterocycles. The Bertz CT molecular complexity index is 1040. The van der Waals surface area contributed by atoms with Gasteiger partial charge < -0.3 is 0 Å². The number of hydrogen-bond acceptors (Lipinski definition) is 3. The van der Waals surface area contributed by atoms with Crippen molar-refractivity contribution in [2.24, 2.45) is 5.14 Å². The molecule has 0 fully saturated rings. The third-order valence-electron chi connectivity index (χ3n) is 3.49. The summed E-state index contributed by atoms with van der Waals surface area (Å²) in [6.45, 7) is 1.89. The van der Waals surface area contributed by atoms with E-state index in [1.165, 1.54) is 12.1 Å². The summed E-state index contributed by atoms with van der Waals surface area (Å²) in [7, 11) is -3.74. The number of nitrogens with zero attached hydrogens (tertiary/aromatic N) is 1. The van der Waals surface area contributed by atoms with Crippen molar-refractivity contribution >= 4 is 10.0 Å². The molecule has 0 unspecified atom stereocenters. The van der Waals surface area contributed by atoms with Crippen molar-refractivity contribution in [2.75, 3.05) is 0 Å². The van der Waals surface area contributed by atoms with Crippen LogP contribution >= 0.6 is 0 Å². The van der Waals surface area contributed by atoms with Crippen LogP contribution in [0.3, 0.4) is 0 Å². The van der Waals surface area contributed by atoms with Crippen molar-refractivity contribution in [2.45, 2.75) is 11.8 Å². The van der Waals surface area contributed by atoms with Gasteiger partial charge in [-0.1, -0.05) is 48.2 Å². The maximum Gasteiger partial charge on any atom is 0.238 e. The number of nitrogens with one attached hydrogen (secondary N) is 1. The summed E-state index contributed by atoms with van der Waals surface area (Å²) in [5.74, 6) is 6.06. The first kappa shape index (κ1) is 16.0. The summed E-state index contributed by atoms with van der Waals surface area (Å²) in [6, 6.07) is 16.0. The fraction of sp³-hybridized carbons (Fsp3) is 0.0556. The first-order chi connectivity index (χ1) is 11.4. The van der Waals surface area contributed by atoms with E-state index >= 15 is 0 Å². The second-order valence-corrected chi connectivity index (χ2v) is 6.82. The summed E-state index contributed by atoms with van der Waals surface area (Å²) in [4.78, 5) is 0.0431. The molecular weight excluding hydrogens is 322 g/mol. The lowest BCUT2D eigenvalue weighted by Gasteiger charge is -1.99. The number of rotatable bonds is 2. The minimum Gasteiger partial charge on any atom is -0.281 e. The predicted molar refractivity (Wildman–Crippen MR) is 92.6 cm³/mol. The van der Waals surface area contributed by atoms with Gasteiger partial charge >= 0.3 is 0 Å². The van der Waals surface area contributed by atoms with Crippen LogP contribution in [-0.2, 0) is 10.0 Å². The molecule has 0 bridgehead atoms. The molecule has 0 atom stereocenters. The van der Waals surface area contributed by atoms with Gasteiger partial charge in [-0.2, -0.15) is 5.10 Å². The van der Waals surface area contributed by atoms with Gasteiger partial charge in [0.05, 0.1) is 10.5 Å². The summed E-state index contributed by atoms with van der Waals surface area (Å²) in [6.07, 6.45) is 0. The fourth-order valence-electron chi connectivity index (χ4n) is 2.27. The second-order valence-electron chi connectivity index (χ2n) is 5.26. The van der Waals surface area contributed by atoms with Crippen molar-refractivity contribution in [1.29, 1.82) is 0 Å². The topological polar surface area (TPSA) is 88.8 Å². The number of aromatic amines is 1. The molecule has 0 amide bonds. The zero-order valence-electron chi connectivity index (χ0n) is 12.9. The number of aromatic nitrogens is 2. The summed E-state index contributed by atoms with van der Waals surface area (Å²) in [5, 5.41) is 12.4. The lowest BCUT2D eigenvalue weighted by molar-refractivity contribution is 0.598. The average Bonchev–Trinajstić information content (AvgIpc) is 2.94. The number of primary sulfonamides is 1. The summed E-state index contributed by atoms with van der Waals surface area (Å²) in [5.41, 5.74) is 3.93. The van der Waals surface area contributed by atoms with E-state index in [1.54, 1.807) is 12.1 Å². The van der Waals surface area contributed by atoms with E-state index in [-0.39, 0.29) is 4.90 Å². The minimum absolute atomic E-state index is 0.0431. The smallest absolute Gasteiger partial charge is 0.238 e. The molecule has 5 nitrogen and oxygen atoms in total. The summed E-state index contributed by atoms with van der Waals surface area (Å²) >= 11 is 0. The van der Waals surface area contributed by atoms with E-state index in [0.717, 1.165) is 22.5 Å². The number of hydrogen-bond donors (Lipinski definition) is 2. The van der Waals surface area contributed by atoms with Crippen molar-refractivity contribution < 1.29 is 8.42 Å². The van der Waals surface area contributed by atoms with Gasteiger partial charge in [-0.25, -0.2) is 13.6 Å². The molecule has 24 heavy (non-hydrogen) atoms. The fourth-order valence-corrected chi connectivity index (χ4v) is 2.83. The van der Waals surface area contributed by atoms with Crippen LogP contribution in [0.5, 0.6) is 0 Å². The van der Waals surface area contributed by atoms with Crippen molar-refractivity contribution in [1.82, 2.24) is 10.2 Å². The largest absolute Gasteiger partial charge is 0.281 e. The van der Waals surface area contributed by atoms with Crippen LogP contribution in [0.4, 0.5) is 0 Å². The lowest BCUT2D eigenvalue weighted by Crippen LogP contribution is -2.11. The molecule has 0 saturated carbocycles. The molecule has 3 N–H and O–H groups in total. The van der Waals surface area contributed by atoms with Gasteiger partial charge in [0.15, 0.2) is 0 Å². The molecule has 0 aliphatic carbocycles. The lowest BCUT2D eigenvalue weighted by atomic mass is 10.1. The molecule has 1 heterocycles. The first-order valence-electron chi connectivity index (χ1n) is 7.20. The molecule has 3 aromatic rings. The third kappa shape index (κ3) is 3.38. The van der Waals surface area contributed by atoms with E-state index in [0.29, 0.717) is 5.56 Å². The number of sulfonamides is 1. The highest BCUT2D eigenvalue weighted by atomic mass is 32.2. The molecule has 3 rings (SSSR count). The van der Waals surface area contributed by atoms with Crippen LogP contribution in [0.2, 0.25) is 0 Å². The number of benzene rings is 2. The van der Waals surface area contributed by atoms with Crippen molar-refractivity contribution in [3.05, 3.63) is 71.4 Å². The Morgan fingerprint density at radius 2 is 1.79 bits per heavy atom. The van der Waals surface area contributed by atoms with E-state index < -0.39 is 10.0 Å². The van der Waals surface area contributed by atoms with Crippen LogP contribution in [0.15, 0.2) is 59.5 Å². The Labute approximate surface area is 140 Å². The predicted octanol–water partition coefficient (Wildman–Crippen LogP) is 2.43. The quantitative estimate of drug-likeness (QED) is 0.704. The zero-order valence-corrected chi connectivity index (χ0v) is 13.8. The van der Waals surface area contributed by atoms with Gasteiger partial charge in [0.1, 0.15) is 5.69 Å². The molecular formula is C18H15N3O2S.